The summed E-state index contributed by atoms with van der Waals surface area (Å²) in [6.45, 7) is 1.62. The van der Waals surface area contributed by atoms with Gasteiger partial charge >= 0.3 is 0 Å². The third-order valence-corrected chi connectivity index (χ3v) is 3.63. The number of benzene rings is 1. The molecule has 0 aliphatic heterocycles. The van der Waals surface area contributed by atoms with Gasteiger partial charge in [-0.25, -0.2) is 4.98 Å². The van der Waals surface area contributed by atoms with Gasteiger partial charge < -0.3 is 15.8 Å². The molecule has 2 aromatic rings. The van der Waals surface area contributed by atoms with E-state index < -0.39 is 0 Å². The van der Waals surface area contributed by atoms with Gasteiger partial charge in [0, 0.05) is 30.1 Å². The molecule has 0 amide bonds. The van der Waals surface area contributed by atoms with Crippen LogP contribution in [0.1, 0.15) is 24.2 Å². The maximum atomic E-state index is 5.46. The zero-order chi connectivity index (χ0) is 14.2. The third-order valence-electron chi connectivity index (χ3n) is 2.92. The van der Waals surface area contributed by atoms with Crippen molar-refractivity contribution in [2.45, 2.75) is 19.3 Å². The molecule has 0 saturated heterocycles. The van der Waals surface area contributed by atoms with Gasteiger partial charge in [-0.1, -0.05) is 18.2 Å². The monoisotopic (exact) mass is 292 g/mol. The van der Waals surface area contributed by atoms with Crippen LogP contribution in [-0.4, -0.2) is 29.6 Å². The molecule has 0 aliphatic rings. The van der Waals surface area contributed by atoms with Crippen LogP contribution >= 0.6 is 11.5 Å². The second-order valence-electron chi connectivity index (χ2n) is 4.43. The molecule has 3 N–H and O–H groups in total. The summed E-state index contributed by atoms with van der Waals surface area (Å²) < 4.78 is 9.71. The van der Waals surface area contributed by atoms with Crippen molar-refractivity contribution in [3.63, 3.8) is 0 Å². The summed E-state index contributed by atoms with van der Waals surface area (Å²) >= 11 is 1.40. The van der Waals surface area contributed by atoms with Crippen molar-refractivity contribution in [2.75, 3.05) is 25.5 Å². The van der Waals surface area contributed by atoms with E-state index in [4.69, 9.17) is 10.5 Å². The van der Waals surface area contributed by atoms with Gasteiger partial charge in [0.1, 0.15) is 11.6 Å². The zero-order valence-corrected chi connectivity index (χ0v) is 12.4. The molecule has 108 valence electrons. The highest BCUT2D eigenvalue weighted by Crippen LogP contribution is 2.21. The summed E-state index contributed by atoms with van der Waals surface area (Å²) in [4.78, 5) is 4.49. The highest BCUT2D eigenvalue weighted by atomic mass is 32.1. The lowest BCUT2D eigenvalue weighted by Gasteiger charge is -2.05. The van der Waals surface area contributed by atoms with E-state index in [1.807, 2.05) is 24.3 Å². The average molecular weight is 292 g/mol. The van der Waals surface area contributed by atoms with E-state index in [1.165, 1.54) is 11.5 Å². The Balaban J connectivity index is 1.92. The summed E-state index contributed by atoms with van der Waals surface area (Å²) in [7, 11) is 1.68. The van der Waals surface area contributed by atoms with Crippen LogP contribution in [0.4, 0.5) is 5.13 Å². The molecule has 1 heterocycles. The Kier molecular flexibility index (Phi) is 5.76. The molecule has 2 rings (SSSR count). The number of nitrogens with two attached hydrogens (primary N) is 1. The van der Waals surface area contributed by atoms with E-state index in [0.717, 1.165) is 48.2 Å². The van der Waals surface area contributed by atoms with Crippen molar-refractivity contribution in [1.29, 1.82) is 0 Å². The minimum atomic E-state index is 0.686. The average Bonchev–Trinajstić information content (AvgIpc) is 2.92. The maximum Gasteiger partial charge on any atom is 0.202 e. The highest BCUT2D eigenvalue weighted by Gasteiger charge is 2.08. The number of rotatable bonds is 8. The molecule has 0 aliphatic carbocycles. The van der Waals surface area contributed by atoms with Crippen LogP contribution in [0.5, 0.6) is 5.75 Å². The van der Waals surface area contributed by atoms with Gasteiger partial charge in [0.2, 0.25) is 5.13 Å². The van der Waals surface area contributed by atoms with E-state index in [2.05, 4.69) is 14.7 Å². The summed E-state index contributed by atoms with van der Waals surface area (Å²) in [5, 5.41) is 4.14. The Morgan fingerprint density at radius 2 is 2.15 bits per heavy atom. The van der Waals surface area contributed by atoms with E-state index in [9.17, 15) is 0 Å². The second kappa shape index (κ2) is 7.81. The molecule has 1 aromatic heterocycles. The van der Waals surface area contributed by atoms with Gasteiger partial charge in [-0.05, 0) is 25.5 Å². The summed E-state index contributed by atoms with van der Waals surface area (Å²) in [5.41, 5.74) is 6.56. The normalized spacial score (nSPS) is 10.5. The molecule has 0 fully saturated rings. The minimum Gasteiger partial charge on any atom is -0.496 e. The van der Waals surface area contributed by atoms with Gasteiger partial charge in [-0.15, -0.1) is 0 Å². The number of nitrogens with one attached hydrogen (secondary N) is 1. The van der Waals surface area contributed by atoms with Crippen LogP contribution in [0.2, 0.25) is 0 Å². The molecule has 1 aromatic carbocycles. The lowest BCUT2D eigenvalue weighted by Crippen LogP contribution is -2.05. The number of nitrogens with zero attached hydrogens (tertiary/aromatic N) is 2. The minimum absolute atomic E-state index is 0.686. The molecule has 0 unspecified atom stereocenters. The molecule has 0 saturated carbocycles. The quantitative estimate of drug-likeness (QED) is 0.730. The number of ether oxygens (including phenoxy) is 1. The van der Waals surface area contributed by atoms with E-state index in [0.29, 0.717) is 6.42 Å². The first kappa shape index (κ1) is 14.7. The number of methoxy groups -OCH3 is 1. The first-order valence-electron chi connectivity index (χ1n) is 6.72. The Morgan fingerprint density at radius 3 is 2.95 bits per heavy atom. The maximum absolute atomic E-state index is 5.46. The Labute approximate surface area is 123 Å². The fourth-order valence-electron chi connectivity index (χ4n) is 1.88. The lowest BCUT2D eigenvalue weighted by molar-refractivity contribution is 0.410. The standard InChI is InChI=1S/C14H20N4OS/c1-19-12-7-3-2-6-11(12)10-13-17-14(20-18-13)16-9-5-4-8-15/h2-3,6-7H,4-5,8-10,15H2,1H3,(H,16,17,18). The molecule has 0 atom stereocenters. The van der Waals surface area contributed by atoms with Crippen molar-refractivity contribution in [3.8, 4) is 5.75 Å². The molecule has 0 spiro atoms. The van der Waals surface area contributed by atoms with Crippen molar-refractivity contribution >= 4 is 16.7 Å². The summed E-state index contributed by atoms with van der Waals surface area (Å²) in [5.74, 6) is 1.69. The first-order chi connectivity index (χ1) is 9.83. The van der Waals surface area contributed by atoms with Gasteiger partial charge in [-0.2, -0.15) is 4.37 Å². The highest BCUT2D eigenvalue weighted by molar-refractivity contribution is 7.09. The van der Waals surface area contributed by atoms with Crippen molar-refractivity contribution in [3.05, 3.63) is 35.7 Å². The smallest absolute Gasteiger partial charge is 0.202 e. The van der Waals surface area contributed by atoms with Crippen LogP contribution in [0.25, 0.3) is 0 Å². The number of aromatic nitrogens is 2. The van der Waals surface area contributed by atoms with E-state index in [1.54, 1.807) is 7.11 Å². The van der Waals surface area contributed by atoms with Crippen LogP contribution < -0.4 is 15.8 Å². The zero-order valence-electron chi connectivity index (χ0n) is 11.6. The van der Waals surface area contributed by atoms with Crippen LogP contribution in [0.3, 0.4) is 0 Å². The Morgan fingerprint density at radius 1 is 1.30 bits per heavy atom. The molecular formula is C14H20N4OS. The molecule has 0 radical (unpaired) electrons. The van der Waals surface area contributed by atoms with Crippen LogP contribution in [0.15, 0.2) is 24.3 Å². The predicted molar refractivity (Wildman–Crippen MR) is 82.5 cm³/mol. The Bertz CT molecular complexity index is 529. The largest absolute Gasteiger partial charge is 0.496 e. The number of hydrogen-bond donors (Lipinski definition) is 2. The summed E-state index contributed by atoms with van der Waals surface area (Å²) in [6, 6.07) is 7.94. The topological polar surface area (TPSA) is 73.1 Å². The van der Waals surface area contributed by atoms with E-state index >= 15 is 0 Å². The van der Waals surface area contributed by atoms with Crippen LogP contribution in [-0.2, 0) is 6.42 Å². The Hall–Kier alpha value is -1.66. The molecule has 5 nitrogen and oxygen atoms in total. The molecular weight excluding hydrogens is 272 g/mol. The molecule has 0 bridgehead atoms. The predicted octanol–water partition coefficient (Wildman–Crippen LogP) is 2.29. The molecule has 20 heavy (non-hydrogen) atoms. The van der Waals surface area contributed by atoms with Gasteiger partial charge in [0.05, 0.1) is 7.11 Å². The number of para-hydroxylation sites is 1. The van der Waals surface area contributed by atoms with E-state index in [-0.39, 0.29) is 0 Å². The van der Waals surface area contributed by atoms with Gasteiger partial charge in [-0.3, -0.25) is 0 Å². The van der Waals surface area contributed by atoms with Gasteiger partial charge in [0.15, 0.2) is 0 Å². The van der Waals surface area contributed by atoms with Crippen LogP contribution in [0, 0.1) is 0 Å². The fourth-order valence-corrected chi connectivity index (χ4v) is 2.49. The first-order valence-corrected chi connectivity index (χ1v) is 7.49. The number of unbranched alkanes of at least 4 members (excludes halogenated alkanes) is 1. The third kappa shape index (κ3) is 4.18. The summed E-state index contributed by atoms with van der Waals surface area (Å²) in [6.07, 6.45) is 2.77. The van der Waals surface area contributed by atoms with Crippen molar-refractivity contribution in [1.82, 2.24) is 9.36 Å². The van der Waals surface area contributed by atoms with Crippen molar-refractivity contribution in [2.24, 2.45) is 5.73 Å². The van der Waals surface area contributed by atoms with Crippen molar-refractivity contribution < 1.29 is 4.74 Å². The second-order valence-corrected chi connectivity index (χ2v) is 5.18. The molecule has 6 heteroatoms. The lowest BCUT2D eigenvalue weighted by atomic mass is 10.1. The van der Waals surface area contributed by atoms with Gasteiger partial charge in [0.25, 0.3) is 0 Å². The SMILES string of the molecule is COc1ccccc1Cc1nsc(NCCCCN)n1. The number of hydrogen-bond acceptors (Lipinski definition) is 6. The fraction of sp³-hybridized carbons (Fsp3) is 0.429. The number of anilines is 1.